The Kier molecular flexibility index (Phi) is 20.1. The number of hydrogen-bond donors (Lipinski definition) is 5. The fourth-order valence-corrected chi connectivity index (χ4v) is 3.17. The van der Waals surface area contributed by atoms with Crippen LogP contribution in [-0.4, -0.2) is 87.1 Å². The Morgan fingerprint density at radius 2 is 0.933 bits per heavy atom. The van der Waals surface area contributed by atoms with Gasteiger partial charge in [-0.1, -0.05) is 0 Å². The molecule has 178 valence electrons. The number of unbranched alkanes of at least 4 members (excludes halogenated alkanes) is 2. The molecule has 30 heavy (non-hydrogen) atoms. The van der Waals surface area contributed by atoms with Crippen LogP contribution in [0.1, 0.15) is 57.8 Å². The molecule has 0 saturated carbocycles. The quantitative estimate of drug-likeness (QED) is 0.155. The van der Waals surface area contributed by atoms with Crippen LogP contribution in [-0.2, 0) is 9.59 Å². The second-order valence-electron chi connectivity index (χ2n) is 7.64. The molecule has 0 aromatic carbocycles. The molecule has 0 aliphatic rings. The zero-order valence-corrected chi connectivity index (χ0v) is 19.0. The Balaban J connectivity index is 4.41. The van der Waals surface area contributed by atoms with Crippen LogP contribution in [0.3, 0.4) is 0 Å². The van der Waals surface area contributed by atoms with Crippen LogP contribution in [0, 0.1) is 0 Å². The highest BCUT2D eigenvalue weighted by Gasteiger charge is 2.18. The molecule has 2 amide bonds. The van der Waals surface area contributed by atoms with Crippen molar-refractivity contribution in [3.8, 4) is 0 Å². The minimum absolute atomic E-state index is 0.0247. The molecule has 0 bridgehead atoms. The molecule has 0 aromatic heterocycles. The Morgan fingerprint density at radius 3 is 1.40 bits per heavy atom. The third kappa shape index (κ3) is 15.6. The van der Waals surface area contributed by atoms with Gasteiger partial charge in [0.2, 0.25) is 11.8 Å². The number of carbonyl (C=O) groups excluding carboxylic acids is 2. The first-order chi connectivity index (χ1) is 14.6. The van der Waals surface area contributed by atoms with Crippen molar-refractivity contribution >= 4 is 11.8 Å². The highest BCUT2D eigenvalue weighted by molar-refractivity contribution is 5.83. The summed E-state index contributed by atoms with van der Waals surface area (Å²) >= 11 is 0. The van der Waals surface area contributed by atoms with Gasteiger partial charge >= 0.3 is 0 Å². The lowest BCUT2D eigenvalue weighted by Crippen LogP contribution is -2.37. The van der Waals surface area contributed by atoms with Gasteiger partial charge in [-0.05, 0) is 84.2 Å². The first-order valence-corrected chi connectivity index (χ1v) is 11.7. The maximum atomic E-state index is 12.7. The van der Waals surface area contributed by atoms with E-state index in [1.54, 1.807) is 0 Å². The average Bonchev–Trinajstić information content (AvgIpc) is 2.75. The summed E-state index contributed by atoms with van der Waals surface area (Å²) in [5.74, 6) is 0.0605. The van der Waals surface area contributed by atoms with Gasteiger partial charge in [0.25, 0.3) is 0 Å². The van der Waals surface area contributed by atoms with Crippen LogP contribution in [0.4, 0.5) is 0 Å². The normalized spacial score (nSPS) is 10.9. The number of nitrogens with two attached hydrogens (primary N) is 4. The standard InChI is InChI=1S/C21H47N7O2/c22-10-1-3-16-27(18-6-12-24)20(29)8-9-21(30)28(19-7-13-25)17-4-2-14-26-15-5-11-23/h26H,1-19,22-25H2. The van der Waals surface area contributed by atoms with Crippen molar-refractivity contribution in [2.45, 2.75) is 57.8 Å². The largest absolute Gasteiger partial charge is 0.343 e. The van der Waals surface area contributed by atoms with Gasteiger partial charge < -0.3 is 38.1 Å². The monoisotopic (exact) mass is 429 g/mol. The highest BCUT2D eigenvalue weighted by Crippen LogP contribution is 2.07. The summed E-state index contributed by atoms with van der Waals surface area (Å²) in [6.45, 7) is 6.96. The lowest BCUT2D eigenvalue weighted by atomic mass is 10.2. The van der Waals surface area contributed by atoms with E-state index in [-0.39, 0.29) is 24.7 Å². The van der Waals surface area contributed by atoms with Crippen molar-refractivity contribution < 1.29 is 9.59 Å². The first kappa shape index (κ1) is 28.7. The van der Waals surface area contributed by atoms with E-state index in [1.807, 2.05) is 9.80 Å². The minimum atomic E-state index is 0.0247. The zero-order chi connectivity index (χ0) is 22.5. The number of carbonyl (C=O) groups is 2. The van der Waals surface area contributed by atoms with Crippen molar-refractivity contribution in [2.75, 3.05) is 65.4 Å². The average molecular weight is 430 g/mol. The molecule has 9 nitrogen and oxygen atoms in total. The third-order valence-corrected chi connectivity index (χ3v) is 4.99. The molecular weight excluding hydrogens is 382 g/mol. The van der Waals surface area contributed by atoms with Crippen LogP contribution >= 0.6 is 0 Å². The lowest BCUT2D eigenvalue weighted by Gasteiger charge is -2.25. The second kappa shape index (κ2) is 21.0. The Morgan fingerprint density at radius 1 is 0.533 bits per heavy atom. The Bertz CT molecular complexity index is 424. The molecule has 0 aromatic rings. The fourth-order valence-electron chi connectivity index (χ4n) is 3.17. The molecule has 0 aliphatic carbocycles. The van der Waals surface area contributed by atoms with Crippen LogP contribution in [0.25, 0.3) is 0 Å². The molecule has 0 aliphatic heterocycles. The highest BCUT2D eigenvalue weighted by atomic mass is 16.2. The van der Waals surface area contributed by atoms with Gasteiger partial charge in [-0.25, -0.2) is 0 Å². The van der Waals surface area contributed by atoms with Crippen molar-refractivity contribution in [1.82, 2.24) is 15.1 Å². The van der Waals surface area contributed by atoms with E-state index in [0.717, 1.165) is 58.0 Å². The smallest absolute Gasteiger partial charge is 0.223 e. The summed E-state index contributed by atoms with van der Waals surface area (Å²) in [6.07, 6.45) is 6.71. The zero-order valence-electron chi connectivity index (χ0n) is 19.0. The molecule has 0 fully saturated rings. The predicted molar refractivity (Wildman–Crippen MR) is 124 cm³/mol. The molecule has 0 rings (SSSR count). The van der Waals surface area contributed by atoms with Gasteiger partial charge in [-0.3, -0.25) is 9.59 Å². The molecule has 0 atom stereocenters. The second-order valence-corrected chi connectivity index (χ2v) is 7.64. The van der Waals surface area contributed by atoms with Crippen LogP contribution < -0.4 is 28.3 Å². The lowest BCUT2D eigenvalue weighted by molar-refractivity contribution is -0.137. The maximum Gasteiger partial charge on any atom is 0.223 e. The summed E-state index contributed by atoms with van der Waals surface area (Å²) in [4.78, 5) is 29.0. The SMILES string of the molecule is NCCCCN(CCCN)C(=O)CCC(=O)N(CCCN)CCCCNCCCN. The van der Waals surface area contributed by atoms with E-state index in [2.05, 4.69) is 5.32 Å². The van der Waals surface area contributed by atoms with E-state index < -0.39 is 0 Å². The molecule has 9 heteroatoms. The number of nitrogens with one attached hydrogen (secondary N) is 1. The van der Waals surface area contributed by atoms with Crippen molar-refractivity contribution in [2.24, 2.45) is 22.9 Å². The minimum Gasteiger partial charge on any atom is -0.343 e. The fraction of sp³-hybridized carbons (Fsp3) is 0.905. The van der Waals surface area contributed by atoms with Crippen molar-refractivity contribution in [1.29, 1.82) is 0 Å². The van der Waals surface area contributed by atoms with Gasteiger partial charge in [0, 0.05) is 39.0 Å². The molecule has 0 saturated heterocycles. The van der Waals surface area contributed by atoms with Gasteiger partial charge in [-0.2, -0.15) is 0 Å². The van der Waals surface area contributed by atoms with E-state index in [0.29, 0.717) is 52.4 Å². The van der Waals surface area contributed by atoms with E-state index in [4.69, 9.17) is 22.9 Å². The number of rotatable bonds is 21. The third-order valence-electron chi connectivity index (χ3n) is 4.99. The summed E-state index contributed by atoms with van der Waals surface area (Å²) in [5, 5.41) is 3.35. The first-order valence-electron chi connectivity index (χ1n) is 11.7. The van der Waals surface area contributed by atoms with E-state index >= 15 is 0 Å². The molecule has 0 spiro atoms. The summed E-state index contributed by atoms with van der Waals surface area (Å²) in [6, 6.07) is 0. The topological polar surface area (TPSA) is 157 Å². The van der Waals surface area contributed by atoms with Gasteiger partial charge in [0.05, 0.1) is 0 Å². The summed E-state index contributed by atoms with van der Waals surface area (Å²) in [7, 11) is 0. The molecule has 0 heterocycles. The molecular formula is C21H47N7O2. The number of amides is 2. The Hall–Kier alpha value is -1.26. The van der Waals surface area contributed by atoms with Gasteiger partial charge in [0.15, 0.2) is 0 Å². The number of nitrogens with zero attached hydrogens (tertiary/aromatic N) is 2. The van der Waals surface area contributed by atoms with Crippen LogP contribution in [0.2, 0.25) is 0 Å². The van der Waals surface area contributed by atoms with Gasteiger partial charge in [-0.15, -0.1) is 0 Å². The molecule has 0 unspecified atom stereocenters. The molecule has 0 radical (unpaired) electrons. The predicted octanol–water partition coefficient (Wildman–Crippen LogP) is -0.421. The van der Waals surface area contributed by atoms with E-state index in [1.165, 1.54) is 0 Å². The van der Waals surface area contributed by atoms with Crippen molar-refractivity contribution in [3.63, 3.8) is 0 Å². The maximum absolute atomic E-state index is 12.7. The van der Waals surface area contributed by atoms with Crippen molar-refractivity contribution in [3.05, 3.63) is 0 Å². The van der Waals surface area contributed by atoms with Crippen LogP contribution in [0.5, 0.6) is 0 Å². The van der Waals surface area contributed by atoms with Crippen LogP contribution in [0.15, 0.2) is 0 Å². The van der Waals surface area contributed by atoms with E-state index in [9.17, 15) is 9.59 Å². The molecule has 9 N–H and O–H groups in total. The Labute approximate surface area is 183 Å². The summed E-state index contributed by atoms with van der Waals surface area (Å²) in [5.41, 5.74) is 22.3. The number of hydrogen-bond acceptors (Lipinski definition) is 7. The van der Waals surface area contributed by atoms with Gasteiger partial charge in [0.1, 0.15) is 0 Å². The summed E-state index contributed by atoms with van der Waals surface area (Å²) < 4.78 is 0.